The van der Waals surface area contributed by atoms with Gasteiger partial charge in [0, 0.05) is 24.8 Å². The van der Waals surface area contributed by atoms with Crippen molar-refractivity contribution in [3.63, 3.8) is 0 Å². The zero-order chi connectivity index (χ0) is 15.0. The maximum atomic E-state index is 12.2. The first-order valence-corrected chi connectivity index (χ1v) is 6.77. The number of aromatic nitrogens is 1. The van der Waals surface area contributed by atoms with Crippen LogP contribution in [0.5, 0.6) is 0 Å². The monoisotopic (exact) mass is 279 g/mol. The van der Waals surface area contributed by atoms with Gasteiger partial charge in [0.15, 0.2) is 0 Å². The molecular formula is C14H21N3O3. The Morgan fingerprint density at radius 3 is 2.60 bits per heavy atom. The van der Waals surface area contributed by atoms with E-state index >= 15 is 0 Å². The van der Waals surface area contributed by atoms with Crippen molar-refractivity contribution >= 4 is 12.0 Å². The van der Waals surface area contributed by atoms with Gasteiger partial charge in [-0.15, -0.1) is 0 Å². The molecule has 0 unspecified atom stereocenters. The predicted molar refractivity (Wildman–Crippen MR) is 75.4 cm³/mol. The smallest absolute Gasteiger partial charge is 0.407 e. The average molecular weight is 279 g/mol. The minimum Gasteiger partial charge on any atom is -0.450 e. The Morgan fingerprint density at radius 2 is 2.00 bits per heavy atom. The van der Waals surface area contributed by atoms with Gasteiger partial charge in [0.1, 0.15) is 0 Å². The molecule has 0 saturated carbocycles. The van der Waals surface area contributed by atoms with E-state index in [1.165, 1.54) is 0 Å². The maximum absolute atomic E-state index is 12.2. The van der Waals surface area contributed by atoms with Crippen LogP contribution >= 0.6 is 0 Å². The summed E-state index contributed by atoms with van der Waals surface area (Å²) in [6, 6.07) is 3.36. The summed E-state index contributed by atoms with van der Waals surface area (Å²) < 4.78 is 4.76. The molecule has 0 aliphatic carbocycles. The van der Waals surface area contributed by atoms with Gasteiger partial charge in [-0.25, -0.2) is 4.79 Å². The largest absolute Gasteiger partial charge is 0.450 e. The van der Waals surface area contributed by atoms with Gasteiger partial charge >= 0.3 is 6.09 Å². The molecule has 0 aliphatic rings. The van der Waals surface area contributed by atoms with Crippen molar-refractivity contribution < 1.29 is 14.3 Å². The molecule has 0 fully saturated rings. The first-order valence-electron chi connectivity index (χ1n) is 6.77. The molecule has 0 aromatic carbocycles. The molecule has 0 saturated heterocycles. The summed E-state index contributed by atoms with van der Waals surface area (Å²) in [7, 11) is 0. The molecule has 0 spiro atoms. The third kappa shape index (κ3) is 4.53. The zero-order valence-electron chi connectivity index (χ0n) is 12.2. The molecule has 2 amide bonds. The summed E-state index contributed by atoms with van der Waals surface area (Å²) in [6.45, 7) is 7.49. The fourth-order valence-electron chi connectivity index (χ4n) is 1.75. The second-order valence-corrected chi connectivity index (χ2v) is 4.09. The lowest BCUT2D eigenvalue weighted by Gasteiger charge is -2.18. The van der Waals surface area contributed by atoms with Crippen LogP contribution in [0.3, 0.4) is 0 Å². The summed E-state index contributed by atoms with van der Waals surface area (Å²) in [5, 5.41) is 2.57. The van der Waals surface area contributed by atoms with E-state index in [9.17, 15) is 9.59 Å². The fraction of sp³-hybridized carbons (Fsp3) is 0.500. The molecule has 6 heteroatoms. The predicted octanol–water partition coefficient (Wildman–Crippen LogP) is 1.81. The SMILES string of the molecule is CCOC(=O)NCc1cc(C(=O)N(CC)CC)ccn1. The number of nitrogens with one attached hydrogen (secondary N) is 1. The minimum atomic E-state index is -0.491. The van der Waals surface area contributed by atoms with Crippen molar-refractivity contribution in [1.29, 1.82) is 0 Å². The molecule has 0 radical (unpaired) electrons. The molecule has 1 aromatic heterocycles. The molecule has 6 nitrogen and oxygen atoms in total. The summed E-state index contributed by atoms with van der Waals surface area (Å²) in [6.07, 6.45) is 1.08. The number of pyridine rings is 1. The number of amides is 2. The van der Waals surface area contributed by atoms with Crippen LogP contribution in [0.25, 0.3) is 0 Å². The van der Waals surface area contributed by atoms with Gasteiger partial charge in [0.05, 0.1) is 18.8 Å². The Morgan fingerprint density at radius 1 is 1.30 bits per heavy atom. The molecule has 1 heterocycles. The first kappa shape index (κ1) is 15.9. The van der Waals surface area contributed by atoms with Crippen LogP contribution in [-0.4, -0.2) is 41.6 Å². The van der Waals surface area contributed by atoms with Crippen molar-refractivity contribution in [2.24, 2.45) is 0 Å². The molecule has 0 bridgehead atoms. The molecule has 0 aliphatic heterocycles. The molecule has 110 valence electrons. The van der Waals surface area contributed by atoms with Crippen molar-refractivity contribution in [2.45, 2.75) is 27.3 Å². The highest BCUT2D eigenvalue weighted by molar-refractivity contribution is 5.94. The average Bonchev–Trinajstić information content (AvgIpc) is 2.47. The van der Waals surface area contributed by atoms with Crippen LogP contribution in [0.4, 0.5) is 4.79 Å². The van der Waals surface area contributed by atoms with Crippen LogP contribution in [-0.2, 0) is 11.3 Å². The van der Waals surface area contributed by atoms with Gasteiger partial charge in [0.25, 0.3) is 5.91 Å². The third-order valence-electron chi connectivity index (χ3n) is 2.80. The normalized spacial score (nSPS) is 9.95. The number of alkyl carbamates (subject to hydrolysis) is 1. The van der Waals surface area contributed by atoms with Crippen molar-refractivity contribution in [3.05, 3.63) is 29.6 Å². The molecular weight excluding hydrogens is 258 g/mol. The van der Waals surface area contributed by atoms with Gasteiger partial charge < -0.3 is 15.0 Å². The number of nitrogens with zero attached hydrogens (tertiary/aromatic N) is 2. The summed E-state index contributed by atoms with van der Waals surface area (Å²) in [5.74, 6) is -0.0326. The highest BCUT2D eigenvalue weighted by Gasteiger charge is 2.13. The third-order valence-corrected chi connectivity index (χ3v) is 2.80. The van der Waals surface area contributed by atoms with Gasteiger partial charge in [-0.1, -0.05) is 0 Å². The van der Waals surface area contributed by atoms with E-state index < -0.39 is 6.09 Å². The Balaban J connectivity index is 2.70. The van der Waals surface area contributed by atoms with Gasteiger partial charge in [-0.3, -0.25) is 9.78 Å². The fourth-order valence-corrected chi connectivity index (χ4v) is 1.75. The van der Waals surface area contributed by atoms with Crippen LogP contribution < -0.4 is 5.32 Å². The lowest BCUT2D eigenvalue weighted by molar-refractivity contribution is 0.0772. The second kappa shape index (κ2) is 8.14. The van der Waals surface area contributed by atoms with Crippen LogP contribution in [0.15, 0.2) is 18.3 Å². The quantitative estimate of drug-likeness (QED) is 0.862. The summed E-state index contributed by atoms with van der Waals surface area (Å²) >= 11 is 0. The van der Waals surface area contributed by atoms with Crippen molar-refractivity contribution in [2.75, 3.05) is 19.7 Å². The van der Waals surface area contributed by atoms with Gasteiger partial charge in [0.2, 0.25) is 0 Å². The Bertz CT molecular complexity index is 459. The first-order chi connectivity index (χ1) is 9.62. The lowest BCUT2D eigenvalue weighted by atomic mass is 10.2. The molecule has 1 N–H and O–H groups in total. The molecule has 20 heavy (non-hydrogen) atoms. The number of carbonyl (C=O) groups is 2. The zero-order valence-corrected chi connectivity index (χ0v) is 12.2. The standard InChI is InChI=1S/C14H21N3O3/c1-4-17(5-2)13(18)11-7-8-15-12(9-11)10-16-14(19)20-6-3/h7-9H,4-6,10H2,1-3H3,(H,16,19). The van der Waals surface area contributed by atoms with Crippen LogP contribution in [0, 0.1) is 0 Å². The second-order valence-electron chi connectivity index (χ2n) is 4.09. The van der Waals surface area contributed by atoms with E-state index in [2.05, 4.69) is 10.3 Å². The summed E-state index contributed by atoms with van der Waals surface area (Å²) in [5.41, 5.74) is 1.19. The van der Waals surface area contributed by atoms with E-state index in [4.69, 9.17) is 4.74 Å². The number of hydrogen-bond donors (Lipinski definition) is 1. The number of ether oxygens (including phenoxy) is 1. The highest BCUT2D eigenvalue weighted by Crippen LogP contribution is 2.06. The van der Waals surface area contributed by atoms with Crippen molar-refractivity contribution in [3.8, 4) is 0 Å². The van der Waals surface area contributed by atoms with E-state index in [0.717, 1.165) is 0 Å². The Hall–Kier alpha value is -2.11. The number of rotatable bonds is 6. The van der Waals surface area contributed by atoms with Gasteiger partial charge in [-0.05, 0) is 32.9 Å². The maximum Gasteiger partial charge on any atom is 0.407 e. The van der Waals surface area contributed by atoms with E-state index in [-0.39, 0.29) is 12.5 Å². The van der Waals surface area contributed by atoms with Gasteiger partial charge in [-0.2, -0.15) is 0 Å². The summed E-state index contributed by atoms with van der Waals surface area (Å²) in [4.78, 5) is 29.2. The van der Waals surface area contributed by atoms with E-state index in [0.29, 0.717) is 31.0 Å². The lowest BCUT2D eigenvalue weighted by Crippen LogP contribution is -2.30. The Kier molecular flexibility index (Phi) is 6.49. The van der Waals surface area contributed by atoms with E-state index in [1.807, 2.05) is 13.8 Å². The Labute approximate surface area is 119 Å². The molecule has 1 rings (SSSR count). The number of carbonyl (C=O) groups excluding carboxylic acids is 2. The van der Waals surface area contributed by atoms with Crippen LogP contribution in [0.2, 0.25) is 0 Å². The van der Waals surface area contributed by atoms with Crippen LogP contribution in [0.1, 0.15) is 36.8 Å². The van der Waals surface area contributed by atoms with Crippen molar-refractivity contribution in [1.82, 2.24) is 15.2 Å². The minimum absolute atomic E-state index is 0.0326. The molecule has 1 aromatic rings. The highest BCUT2D eigenvalue weighted by atomic mass is 16.5. The van der Waals surface area contributed by atoms with E-state index in [1.54, 1.807) is 30.2 Å². The topological polar surface area (TPSA) is 71.5 Å². The molecule has 0 atom stereocenters. The number of hydrogen-bond acceptors (Lipinski definition) is 4.